The van der Waals surface area contributed by atoms with Crippen LogP contribution in [0.1, 0.15) is 33.6 Å². The van der Waals surface area contributed by atoms with E-state index in [1.807, 2.05) is 0 Å². The lowest BCUT2D eigenvalue weighted by Gasteiger charge is -2.24. The van der Waals surface area contributed by atoms with Crippen molar-refractivity contribution in [2.24, 2.45) is 11.8 Å². The predicted octanol–water partition coefficient (Wildman–Crippen LogP) is 2.81. The van der Waals surface area contributed by atoms with Gasteiger partial charge in [0.1, 0.15) is 5.76 Å². The van der Waals surface area contributed by atoms with E-state index in [1.54, 1.807) is 0 Å². The van der Waals surface area contributed by atoms with E-state index in [0.29, 0.717) is 35.6 Å². The molecular weight excluding hydrogens is 300 g/mol. The van der Waals surface area contributed by atoms with Crippen LogP contribution in [0.5, 0.6) is 0 Å². The summed E-state index contributed by atoms with van der Waals surface area (Å²) in [5, 5.41) is 0. The zero-order chi connectivity index (χ0) is 13.7. The minimum absolute atomic E-state index is 0.0113. The van der Waals surface area contributed by atoms with E-state index in [0.717, 1.165) is 0 Å². The Kier molecular flexibility index (Phi) is 5.85. The standard InChI is InChI=1S/C13H19BrO4/c1-8(2)6-18-12-5-10(7-17-9(3)15)4-11(16)13(12)14/h8,10H,4-7H2,1-3H3. The molecule has 0 saturated heterocycles. The van der Waals surface area contributed by atoms with Crippen LogP contribution in [-0.4, -0.2) is 25.0 Å². The van der Waals surface area contributed by atoms with E-state index in [4.69, 9.17) is 9.47 Å². The molecule has 0 heterocycles. The number of allylic oxidation sites excluding steroid dienone is 2. The van der Waals surface area contributed by atoms with Crippen LogP contribution in [0.25, 0.3) is 0 Å². The molecule has 0 N–H and O–H groups in total. The second kappa shape index (κ2) is 6.92. The molecule has 0 amide bonds. The van der Waals surface area contributed by atoms with Crippen LogP contribution < -0.4 is 0 Å². The molecule has 0 spiro atoms. The first kappa shape index (κ1) is 15.2. The fraction of sp³-hybridized carbons (Fsp3) is 0.692. The van der Waals surface area contributed by atoms with Crippen molar-refractivity contribution >= 4 is 27.7 Å². The summed E-state index contributed by atoms with van der Waals surface area (Å²) in [6, 6.07) is 0. The molecule has 1 atom stereocenters. The van der Waals surface area contributed by atoms with E-state index < -0.39 is 0 Å². The number of hydrogen-bond acceptors (Lipinski definition) is 4. The topological polar surface area (TPSA) is 52.6 Å². The Morgan fingerprint density at radius 2 is 2.11 bits per heavy atom. The van der Waals surface area contributed by atoms with Crippen molar-refractivity contribution in [3.63, 3.8) is 0 Å². The third-order valence-corrected chi connectivity index (χ3v) is 3.44. The Hall–Kier alpha value is -0.840. The van der Waals surface area contributed by atoms with Crippen molar-refractivity contribution in [1.82, 2.24) is 0 Å². The van der Waals surface area contributed by atoms with Gasteiger partial charge < -0.3 is 9.47 Å². The molecule has 1 aliphatic rings. The molecule has 5 heteroatoms. The van der Waals surface area contributed by atoms with Gasteiger partial charge in [0.2, 0.25) is 0 Å². The van der Waals surface area contributed by atoms with E-state index in [2.05, 4.69) is 29.8 Å². The molecule has 0 saturated carbocycles. The first-order chi connectivity index (χ1) is 8.40. The lowest BCUT2D eigenvalue weighted by molar-refractivity contribution is -0.143. The fourth-order valence-corrected chi connectivity index (χ4v) is 2.11. The van der Waals surface area contributed by atoms with Crippen LogP contribution >= 0.6 is 15.9 Å². The molecule has 1 rings (SSSR count). The molecule has 0 aromatic heterocycles. The second-order valence-corrected chi connectivity index (χ2v) is 5.74. The number of carbonyl (C=O) groups is 2. The molecule has 0 bridgehead atoms. The molecule has 0 aromatic carbocycles. The van der Waals surface area contributed by atoms with Gasteiger partial charge in [-0.25, -0.2) is 0 Å². The van der Waals surface area contributed by atoms with Crippen LogP contribution in [0.4, 0.5) is 0 Å². The summed E-state index contributed by atoms with van der Waals surface area (Å²) in [7, 11) is 0. The number of rotatable bonds is 5. The third-order valence-electron chi connectivity index (χ3n) is 2.55. The average molecular weight is 319 g/mol. The maximum absolute atomic E-state index is 11.8. The summed E-state index contributed by atoms with van der Waals surface area (Å²) in [6.45, 7) is 6.32. The van der Waals surface area contributed by atoms with Crippen molar-refractivity contribution in [1.29, 1.82) is 0 Å². The quantitative estimate of drug-likeness (QED) is 0.731. The van der Waals surface area contributed by atoms with Gasteiger partial charge in [-0.05, 0) is 21.8 Å². The number of Topliss-reactive ketones (excluding diaryl/α,β-unsaturated/α-hetero) is 1. The van der Waals surface area contributed by atoms with Crippen molar-refractivity contribution in [3.05, 3.63) is 10.2 Å². The van der Waals surface area contributed by atoms with E-state index >= 15 is 0 Å². The molecule has 102 valence electrons. The van der Waals surface area contributed by atoms with Crippen LogP contribution in [0, 0.1) is 11.8 Å². The summed E-state index contributed by atoms with van der Waals surface area (Å²) in [6.07, 6.45) is 1.02. The monoisotopic (exact) mass is 318 g/mol. The maximum atomic E-state index is 11.8. The predicted molar refractivity (Wildman–Crippen MR) is 71.1 cm³/mol. The fourth-order valence-electron chi connectivity index (χ4n) is 1.67. The van der Waals surface area contributed by atoms with Gasteiger partial charge in [-0.15, -0.1) is 0 Å². The SMILES string of the molecule is CC(=O)OCC1CC(=O)C(Br)=C(OCC(C)C)C1. The third kappa shape index (κ3) is 4.80. The molecular formula is C13H19BrO4. The van der Waals surface area contributed by atoms with Gasteiger partial charge in [-0.2, -0.15) is 0 Å². The zero-order valence-corrected chi connectivity index (χ0v) is 12.6. The number of ketones is 1. The molecule has 1 aliphatic carbocycles. The largest absolute Gasteiger partial charge is 0.496 e. The number of esters is 1. The highest BCUT2D eigenvalue weighted by Crippen LogP contribution is 2.31. The van der Waals surface area contributed by atoms with Gasteiger partial charge in [0.25, 0.3) is 0 Å². The highest BCUT2D eigenvalue weighted by molar-refractivity contribution is 9.12. The molecule has 4 nitrogen and oxygen atoms in total. The van der Waals surface area contributed by atoms with Crippen molar-refractivity contribution < 1.29 is 19.1 Å². The summed E-state index contributed by atoms with van der Waals surface area (Å²) in [5.41, 5.74) is 0. The van der Waals surface area contributed by atoms with Gasteiger partial charge >= 0.3 is 5.97 Å². The summed E-state index contributed by atoms with van der Waals surface area (Å²) < 4.78 is 11.1. The molecule has 0 aliphatic heterocycles. The Balaban J connectivity index is 2.60. The van der Waals surface area contributed by atoms with Crippen LogP contribution in [0.2, 0.25) is 0 Å². The van der Waals surface area contributed by atoms with Crippen LogP contribution in [-0.2, 0) is 19.1 Å². The first-order valence-electron chi connectivity index (χ1n) is 6.08. The average Bonchev–Trinajstić information content (AvgIpc) is 2.28. The normalized spacial score (nSPS) is 20.3. The Morgan fingerprint density at radius 1 is 1.44 bits per heavy atom. The summed E-state index contributed by atoms with van der Waals surface area (Å²) in [5.74, 6) is 0.793. The van der Waals surface area contributed by atoms with Gasteiger partial charge in [0.05, 0.1) is 17.7 Å². The van der Waals surface area contributed by atoms with Gasteiger partial charge in [-0.1, -0.05) is 13.8 Å². The van der Waals surface area contributed by atoms with Crippen LogP contribution in [0.3, 0.4) is 0 Å². The number of carbonyl (C=O) groups excluding carboxylic acids is 2. The lowest BCUT2D eigenvalue weighted by atomic mass is 9.93. The smallest absolute Gasteiger partial charge is 0.302 e. The van der Waals surface area contributed by atoms with Gasteiger partial charge in [0, 0.05) is 25.7 Å². The van der Waals surface area contributed by atoms with Crippen LogP contribution in [0.15, 0.2) is 10.2 Å². The number of hydrogen-bond donors (Lipinski definition) is 0. The highest BCUT2D eigenvalue weighted by atomic mass is 79.9. The van der Waals surface area contributed by atoms with Gasteiger partial charge in [-0.3, -0.25) is 9.59 Å². The molecule has 0 fully saturated rings. The molecule has 0 radical (unpaired) electrons. The Morgan fingerprint density at radius 3 is 2.67 bits per heavy atom. The Labute approximate surface area is 116 Å². The van der Waals surface area contributed by atoms with Crippen molar-refractivity contribution in [2.75, 3.05) is 13.2 Å². The summed E-state index contributed by atoms with van der Waals surface area (Å²) >= 11 is 3.28. The lowest BCUT2D eigenvalue weighted by Crippen LogP contribution is -2.23. The van der Waals surface area contributed by atoms with E-state index in [-0.39, 0.29) is 24.3 Å². The van der Waals surface area contributed by atoms with E-state index in [9.17, 15) is 9.59 Å². The number of ether oxygens (including phenoxy) is 2. The van der Waals surface area contributed by atoms with E-state index in [1.165, 1.54) is 6.92 Å². The second-order valence-electron chi connectivity index (χ2n) is 4.94. The van der Waals surface area contributed by atoms with Gasteiger partial charge in [0.15, 0.2) is 5.78 Å². The summed E-state index contributed by atoms with van der Waals surface area (Å²) in [4.78, 5) is 22.5. The zero-order valence-electron chi connectivity index (χ0n) is 11.0. The minimum atomic E-state index is -0.319. The molecule has 0 aromatic rings. The maximum Gasteiger partial charge on any atom is 0.302 e. The van der Waals surface area contributed by atoms with Crippen molar-refractivity contribution in [2.45, 2.75) is 33.6 Å². The minimum Gasteiger partial charge on any atom is -0.496 e. The van der Waals surface area contributed by atoms with Crippen molar-refractivity contribution in [3.8, 4) is 0 Å². The number of halogens is 1. The Bertz CT molecular complexity index is 360. The molecule has 18 heavy (non-hydrogen) atoms. The highest BCUT2D eigenvalue weighted by Gasteiger charge is 2.28. The molecule has 1 unspecified atom stereocenters. The first-order valence-corrected chi connectivity index (χ1v) is 6.87.